The number of aryl methyl sites for hydroxylation is 1. The first-order valence-electron chi connectivity index (χ1n) is 2.83. The van der Waals surface area contributed by atoms with Crippen molar-refractivity contribution in [3.8, 4) is 0 Å². The zero-order valence-electron chi connectivity index (χ0n) is 5.51. The summed E-state index contributed by atoms with van der Waals surface area (Å²) in [5, 5.41) is 14.6. The third-order valence-corrected chi connectivity index (χ3v) is 1.01. The fourth-order valence-electron chi connectivity index (χ4n) is 0.651. The van der Waals surface area contributed by atoms with Gasteiger partial charge in [-0.05, 0) is 6.92 Å². The molecule has 4 heteroatoms. The molecule has 0 saturated carbocycles. The molecule has 1 heterocycles. The monoisotopic (exact) mass is 139 g/mol. The van der Waals surface area contributed by atoms with Crippen molar-refractivity contribution in [1.29, 1.82) is 0 Å². The number of carboxylic acids is 1. The Hall–Kier alpha value is -1.32. The highest BCUT2D eigenvalue weighted by atomic mass is 16.4. The smallest absolute Gasteiger partial charge is 0.309 e. The molecule has 0 spiro atoms. The fraction of sp³-hybridized carbons (Fsp3) is 0.333. The van der Waals surface area contributed by atoms with Crippen molar-refractivity contribution in [2.45, 2.75) is 13.3 Å². The Bertz CT molecular complexity index is 242. The van der Waals surface area contributed by atoms with Gasteiger partial charge in [-0.25, -0.2) is 0 Å². The maximum absolute atomic E-state index is 10.1. The van der Waals surface area contributed by atoms with Crippen LogP contribution in [-0.2, 0) is 11.2 Å². The molecule has 1 aromatic rings. The Morgan fingerprint density at radius 3 is 3.00 bits per heavy atom. The maximum atomic E-state index is 10.1. The van der Waals surface area contributed by atoms with E-state index in [9.17, 15) is 4.79 Å². The molecule has 1 rings (SSSR count). The van der Waals surface area contributed by atoms with E-state index < -0.39 is 5.97 Å². The Labute approximate surface area is 57.9 Å². The van der Waals surface area contributed by atoms with Gasteiger partial charge in [0.05, 0.1) is 12.1 Å². The zero-order chi connectivity index (χ0) is 7.56. The van der Waals surface area contributed by atoms with E-state index in [1.54, 1.807) is 6.92 Å². The molecule has 0 saturated heterocycles. The van der Waals surface area contributed by atoms with Gasteiger partial charge >= 0.3 is 5.97 Å². The van der Waals surface area contributed by atoms with E-state index >= 15 is 0 Å². The number of H-pyrrole nitrogens is 1. The number of hydrogen-bond donors (Lipinski definition) is 2. The van der Waals surface area contributed by atoms with Gasteiger partial charge in [-0.15, -0.1) is 0 Å². The van der Waals surface area contributed by atoms with Gasteiger partial charge in [0.1, 0.15) is 0 Å². The zero-order valence-corrected chi connectivity index (χ0v) is 5.51. The number of hydrogen-bond acceptors (Lipinski definition) is 2. The first-order valence-corrected chi connectivity index (χ1v) is 2.83. The Morgan fingerprint density at radius 2 is 2.60 bits per heavy atom. The molecule has 1 aromatic heterocycles. The number of rotatable bonds is 2. The molecule has 0 fully saturated rings. The first kappa shape index (κ1) is 6.80. The van der Waals surface area contributed by atoms with Crippen molar-refractivity contribution >= 4 is 5.97 Å². The summed E-state index contributed by atoms with van der Waals surface area (Å²) in [6.07, 6.45) is -0.0651. The van der Waals surface area contributed by atoms with E-state index in [0.29, 0.717) is 5.69 Å². The topological polar surface area (TPSA) is 66.0 Å². The molecular weight excluding hydrogens is 132 g/mol. The molecule has 0 aliphatic rings. The van der Waals surface area contributed by atoms with Crippen molar-refractivity contribution in [3.05, 3.63) is 17.5 Å². The molecule has 0 unspecified atom stereocenters. The molecule has 2 N–H and O–H groups in total. The van der Waals surface area contributed by atoms with Gasteiger partial charge in [0.15, 0.2) is 0 Å². The normalized spacial score (nSPS) is 9.70. The molecule has 1 radical (unpaired) electrons. The molecule has 0 aliphatic carbocycles. The van der Waals surface area contributed by atoms with Crippen LogP contribution in [0.15, 0.2) is 0 Å². The third kappa shape index (κ3) is 1.58. The van der Waals surface area contributed by atoms with Crippen molar-refractivity contribution in [1.82, 2.24) is 10.2 Å². The van der Waals surface area contributed by atoms with Crippen LogP contribution in [-0.4, -0.2) is 21.3 Å². The number of carbonyl (C=O) groups is 1. The lowest BCUT2D eigenvalue weighted by Gasteiger charge is -1.83. The molecule has 0 aromatic carbocycles. The Kier molecular flexibility index (Phi) is 1.71. The van der Waals surface area contributed by atoms with Crippen LogP contribution in [0.5, 0.6) is 0 Å². The number of nitrogens with one attached hydrogen (secondary N) is 1. The molecular formula is C6H7N2O2. The second-order valence-corrected chi connectivity index (χ2v) is 1.99. The standard InChI is InChI=1S/C6H7N2O2/c1-4-2-5(8-7-4)3-6(9)10/h3H2,1H3,(H,7,8)(H,9,10). The average molecular weight is 139 g/mol. The molecule has 0 amide bonds. The largest absolute Gasteiger partial charge is 0.481 e. The summed E-state index contributed by atoms with van der Waals surface area (Å²) in [5.41, 5.74) is 1.21. The summed E-state index contributed by atoms with van der Waals surface area (Å²) < 4.78 is 0. The average Bonchev–Trinajstić information content (AvgIpc) is 2.13. The summed E-state index contributed by atoms with van der Waals surface area (Å²) >= 11 is 0. The predicted octanol–water partition coefficient (Wildman–Crippen LogP) is 0.145. The van der Waals surface area contributed by atoms with Gasteiger partial charge in [0.2, 0.25) is 0 Å². The van der Waals surface area contributed by atoms with Crippen LogP contribution in [0.3, 0.4) is 0 Å². The molecule has 53 valence electrons. The molecule has 10 heavy (non-hydrogen) atoms. The Morgan fingerprint density at radius 1 is 1.90 bits per heavy atom. The van der Waals surface area contributed by atoms with Crippen molar-refractivity contribution in [2.75, 3.05) is 0 Å². The number of nitrogens with zero attached hydrogens (tertiary/aromatic N) is 1. The van der Waals surface area contributed by atoms with E-state index in [1.165, 1.54) is 0 Å². The highest BCUT2D eigenvalue weighted by Gasteiger charge is 2.02. The highest BCUT2D eigenvalue weighted by Crippen LogP contribution is 1.96. The Balaban J connectivity index is 2.67. The van der Waals surface area contributed by atoms with E-state index in [1.807, 2.05) is 0 Å². The lowest BCUT2D eigenvalue weighted by molar-refractivity contribution is -0.136. The van der Waals surface area contributed by atoms with Crippen molar-refractivity contribution in [2.24, 2.45) is 0 Å². The number of aromatic nitrogens is 2. The van der Waals surface area contributed by atoms with Crippen LogP contribution in [0, 0.1) is 13.0 Å². The third-order valence-electron chi connectivity index (χ3n) is 1.01. The van der Waals surface area contributed by atoms with Gasteiger partial charge < -0.3 is 5.11 Å². The van der Waals surface area contributed by atoms with Crippen LogP contribution in [0.4, 0.5) is 0 Å². The van der Waals surface area contributed by atoms with Gasteiger partial charge in [0, 0.05) is 11.8 Å². The quantitative estimate of drug-likeness (QED) is 0.612. The summed E-state index contributed by atoms with van der Waals surface area (Å²) in [4.78, 5) is 10.1. The fourth-order valence-corrected chi connectivity index (χ4v) is 0.651. The molecule has 0 bridgehead atoms. The van der Waals surface area contributed by atoms with Crippen LogP contribution in [0.25, 0.3) is 0 Å². The van der Waals surface area contributed by atoms with E-state index in [4.69, 9.17) is 5.11 Å². The first-order chi connectivity index (χ1) is 4.68. The van der Waals surface area contributed by atoms with E-state index in [-0.39, 0.29) is 6.42 Å². The highest BCUT2D eigenvalue weighted by molar-refractivity contribution is 5.69. The predicted molar refractivity (Wildman–Crippen MR) is 33.5 cm³/mol. The number of aliphatic carboxylic acids is 1. The van der Waals surface area contributed by atoms with Crippen LogP contribution < -0.4 is 0 Å². The minimum Gasteiger partial charge on any atom is -0.481 e. The van der Waals surface area contributed by atoms with E-state index in [0.717, 1.165) is 5.69 Å². The lowest BCUT2D eigenvalue weighted by Crippen LogP contribution is -1.99. The van der Waals surface area contributed by atoms with Gasteiger partial charge in [-0.1, -0.05) is 0 Å². The molecule has 0 atom stereocenters. The van der Waals surface area contributed by atoms with Gasteiger partial charge in [-0.2, -0.15) is 5.10 Å². The van der Waals surface area contributed by atoms with E-state index in [2.05, 4.69) is 16.3 Å². The SMILES string of the molecule is Cc1[c]c(CC(=O)O)n[nH]1. The maximum Gasteiger partial charge on any atom is 0.309 e. The van der Waals surface area contributed by atoms with Crippen molar-refractivity contribution < 1.29 is 9.90 Å². The van der Waals surface area contributed by atoms with Crippen molar-refractivity contribution in [3.63, 3.8) is 0 Å². The van der Waals surface area contributed by atoms with Gasteiger partial charge in [0.25, 0.3) is 0 Å². The second kappa shape index (κ2) is 2.51. The molecule has 0 aliphatic heterocycles. The van der Waals surface area contributed by atoms with Gasteiger partial charge in [-0.3, -0.25) is 9.89 Å². The van der Waals surface area contributed by atoms with Crippen LogP contribution >= 0.6 is 0 Å². The summed E-state index contributed by atoms with van der Waals surface area (Å²) in [7, 11) is 0. The second-order valence-electron chi connectivity index (χ2n) is 1.99. The van der Waals surface area contributed by atoms with Crippen LogP contribution in [0.1, 0.15) is 11.4 Å². The number of carboxylic acid groups (broad SMARTS) is 1. The minimum absolute atomic E-state index is 0.0651. The molecule has 4 nitrogen and oxygen atoms in total. The summed E-state index contributed by atoms with van der Waals surface area (Å²) in [6, 6.07) is 2.76. The summed E-state index contributed by atoms with van der Waals surface area (Å²) in [5.74, 6) is -0.886. The lowest BCUT2D eigenvalue weighted by atomic mass is 10.3. The summed E-state index contributed by atoms with van der Waals surface area (Å²) in [6.45, 7) is 1.78. The minimum atomic E-state index is -0.886. The number of aromatic amines is 1. The van der Waals surface area contributed by atoms with Crippen LogP contribution in [0.2, 0.25) is 0 Å².